The van der Waals surface area contributed by atoms with Crippen molar-refractivity contribution < 1.29 is 28.5 Å². The first kappa shape index (κ1) is 19.1. The van der Waals surface area contributed by atoms with E-state index in [1.165, 1.54) is 33.3 Å². The molecule has 0 atom stereocenters. The first-order valence-corrected chi connectivity index (χ1v) is 7.73. The molecule has 0 saturated carbocycles. The first-order chi connectivity index (χ1) is 12.5. The van der Waals surface area contributed by atoms with Gasteiger partial charge in [0.05, 0.1) is 34.0 Å². The summed E-state index contributed by atoms with van der Waals surface area (Å²) < 4.78 is 20.6. The molecule has 0 heterocycles. The Balaban J connectivity index is 2.54. The van der Waals surface area contributed by atoms with Gasteiger partial charge in [-0.3, -0.25) is 4.79 Å². The number of hydrogen-bond donors (Lipinski definition) is 0. The molecule has 0 saturated heterocycles. The van der Waals surface area contributed by atoms with Gasteiger partial charge in [-0.1, -0.05) is 6.07 Å². The summed E-state index contributed by atoms with van der Waals surface area (Å²) in [7, 11) is 7.30. The highest BCUT2D eigenvalue weighted by atomic mass is 16.5. The zero-order valence-electron chi connectivity index (χ0n) is 15.4. The minimum absolute atomic E-state index is 0.220. The van der Waals surface area contributed by atoms with Gasteiger partial charge in [0, 0.05) is 18.7 Å². The summed E-state index contributed by atoms with van der Waals surface area (Å²) in [6, 6.07) is 9.74. The molecule has 0 unspecified atom stereocenters. The number of amides is 1. The molecule has 138 valence electrons. The van der Waals surface area contributed by atoms with Crippen molar-refractivity contribution in [1.82, 2.24) is 0 Å². The van der Waals surface area contributed by atoms with Gasteiger partial charge in [0.2, 0.25) is 0 Å². The van der Waals surface area contributed by atoms with Gasteiger partial charge >= 0.3 is 5.97 Å². The lowest BCUT2D eigenvalue weighted by molar-refractivity contribution is 0.0601. The molecule has 1 amide bonds. The molecule has 2 aromatic carbocycles. The summed E-state index contributed by atoms with van der Waals surface area (Å²) in [6.07, 6.45) is 0. The van der Waals surface area contributed by atoms with Gasteiger partial charge in [-0.25, -0.2) is 4.79 Å². The maximum absolute atomic E-state index is 13.0. The highest BCUT2D eigenvalue weighted by Crippen LogP contribution is 2.33. The Labute approximate surface area is 152 Å². The number of ether oxygens (including phenoxy) is 4. The number of rotatable bonds is 6. The van der Waals surface area contributed by atoms with E-state index in [-0.39, 0.29) is 11.5 Å². The summed E-state index contributed by atoms with van der Waals surface area (Å²) in [5.74, 6) is 0.404. The van der Waals surface area contributed by atoms with Crippen LogP contribution in [-0.4, -0.2) is 47.4 Å². The predicted molar refractivity (Wildman–Crippen MR) is 96.6 cm³/mol. The first-order valence-electron chi connectivity index (χ1n) is 7.73. The van der Waals surface area contributed by atoms with Crippen molar-refractivity contribution in [3.8, 4) is 17.2 Å². The van der Waals surface area contributed by atoms with Crippen molar-refractivity contribution in [1.29, 1.82) is 0 Å². The van der Waals surface area contributed by atoms with Gasteiger partial charge < -0.3 is 23.8 Å². The summed E-state index contributed by atoms with van der Waals surface area (Å²) >= 11 is 0. The van der Waals surface area contributed by atoms with Crippen molar-refractivity contribution in [3.63, 3.8) is 0 Å². The van der Waals surface area contributed by atoms with Crippen molar-refractivity contribution in [2.24, 2.45) is 0 Å². The second kappa shape index (κ2) is 8.24. The number of carbonyl (C=O) groups is 2. The molecule has 0 bridgehead atoms. The largest absolute Gasteiger partial charge is 0.497 e. The van der Waals surface area contributed by atoms with Crippen LogP contribution in [-0.2, 0) is 4.74 Å². The predicted octanol–water partition coefficient (Wildman–Crippen LogP) is 2.78. The molecule has 2 aromatic rings. The number of carbonyl (C=O) groups excluding carboxylic acids is 2. The molecule has 7 heteroatoms. The maximum atomic E-state index is 13.0. The topological polar surface area (TPSA) is 74.3 Å². The molecule has 0 N–H and O–H groups in total. The molecule has 7 nitrogen and oxygen atoms in total. The number of nitrogens with zero attached hydrogens (tertiary/aromatic N) is 1. The SMILES string of the molecule is COC(=O)c1cccc(OC)c1N(C)C(=O)c1cc(OC)cc(OC)c1. The fraction of sp³-hybridized carbons (Fsp3) is 0.263. The van der Waals surface area contributed by atoms with E-state index in [1.807, 2.05) is 0 Å². The van der Waals surface area contributed by atoms with Crippen LogP contribution >= 0.6 is 0 Å². The molecule has 0 aliphatic heterocycles. The summed E-state index contributed by atoms with van der Waals surface area (Å²) in [5.41, 5.74) is 0.872. The van der Waals surface area contributed by atoms with Gasteiger partial charge in [0.1, 0.15) is 22.9 Å². The fourth-order valence-electron chi connectivity index (χ4n) is 2.53. The van der Waals surface area contributed by atoms with E-state index in [2.05, 4.69) is 0 Å². The van der Waals surface area contributed by atoms with Gasteiger partial charge in [-0.15, -0.1) is 0 Å². The lowest BCUT2D eigenvalue weighted by Gasteiger charge is -2.22. The summed E-state index contributed by atoms with van der Waals surface area (Å²) in [4.78, 5) is 26.5. The van der Waals surface area contributed by atoms with E-state index >= 15 is 0 Å². The molecule has 0 aliphatic rings. The summed E-state index contributed by atoms with van der Waals surface area (Å²) in [6.45, 7) is 0. The van der Waals surface area contributed by atoms with E-state index < -0.39 is 5.97 Å². The minimum Gasteiger partial charge on any atom is -0.497 e. The molecule has 0 spiro atoms. The van der Waals surface area contributed by atoms with E-state index in [0.717, 1.165) is 0 Å². The lowest BCUT2D eigenvalue weighted by Crippen LogP contribution is -2.28. The third-order valence-corrected chi connectivity index (χ3v) is 3.86. The molecule has 2 rings (SSSR count). The number of anilines is 1. The average Bonchev–Trinajstić information content (AvgIpc) is 2.70. The molecule has 0 radical (unpaired) electrons. The third-order valence-electron chi connectivity index (χ3n) is 3.86. The van der Waals surface area contributed by atoms with Crippen LogP contribution in [0, 0.1) is 0 Å². The fourth-order valence-corrected chi connectivity index (χ4v) is 2.53. The second-order valence-electron chi connectivity index (χ2n) is 5.31. The van der Waals surface area contributed by atoms with Crippen LogP contribution in [0.5, 0.6) is 17.2 Å². The quantitative estimate of drug-likeness (QED) is 0.739. The Morgan fingerprint density at radius 1 is 0.885 bits per heavy atom. The van der Waals surface area contributed by atoms with E-state index in [1.54, 1.807) is 43.4 Å². The van der Waals surface area contributed by atoms with Gasteiger partial charge in [0.15, 0.2) is 0 Å². The van der Waals surface area contributed by atoms with Crippen LogP contribution in [0.3, 0.4) is 0 Å². The van der Waals surface area contributed by atoms with Crippen LogP contribution < -0.4 is 19.1 Å². The Hall–Kier alpha value is -3.22. The maximum Gasteiger partial charge on any atom is 0.340 e. The summed E-state index contributed by atoms with van der Waals surface area (Å²) in [5, 5.41) is 0. The normalized spacial score (nSPS) is 10.0. The lowest BCUT2D eigenvalue weighted by atomic mass is 10.1. The number of hydrogen-bond acceptors (Lipinski definition) is 6. The number of para-hydroxylation sites is 1. The van der Waals surface area contributed by atoms with Gasteiger partial charge in [-0.05, 0) is 24.3 Å². The minimum atomic E-state index is -0.568. The monoisotopic (exact) mass is 359 g/mol. The van der Waals surface area contributed by atoms with Gasteiger partial charge in [-0.2, -0.15) is 0 Å². The van der Waals surface area contributed by atoms with Crippen molar-refractivity contribution in [2.75, 3.05) is 40.4 Å². The molecule has 0 aliphatic carbocycles. The number of methoxy groups -OCH3 is 4. The van der Waals surface area contributed by atoms with Crippen molar-refractivity contribution in [2.45, 2.75) is 0 Å². The van der Waals surface area contributed by atoms with E-state index in [9.17, 15) is 9.59 Å². The standard InChI is InChI=1S/C19H21NO6/c1-20(17-15(19(22)26-5)7-6-8-16(17)25-4)18(21)12-9-13(23-2)11-14(10-12)24-3/h6-11H,1-5H3. The van der Waals surface area contributed by atoms with Crippen LogP contribution in [0.2, 0.25) is 0 Å². The zero-order chi connectivity index (χ0) is 19.3. The average molecular weight is 359 g/mol. The smallest absolute Gasteiger partial charge is 0.340 e. The Morgan fingerprint density at radius 2 is 1.50 bits per heavy atom. The van der Waals surface area contributed by atoms with E-state index in [0.29, 0.717) is 28.5 Å². The van der Waals surface area contributed by atoms with Crippen molar-refractivity contribution in [3.05, 3.63) is 47.5 Å². The van der Waals surface area contributed by atoms with Crippen LogP contribution in [0.4, 0.5) is 5.69 Å². The van der Waals surface area contributed by atoms with Crippen LogP contribution in [0.15, 0.2) is 36.4 Å². The molecular weight excluding hydrogens is 338 g/mol. The number of benzene rings is 2. The van der Waals surface area contributed by atoms with Crippen molar-refractivity contribution >= 4 is 17.6 Å². The Bertz CT molecular complexity index is 795. The molecule has 26 heavy (non-hydrogen) atoms. The van der Waals surface area contributed by atoms with Gasteiger partial charge in [0.25, 0.3) is 5.91 Å². The van der Waals surface area contributed by atoms with Crippen LogP contribution in [0.25, 0.3) is 0 Å². The molecular formula is C19H21NO6. The highest BCUT2D eigenvalue weighted by molar-refractivity contribution is 6.10. The number of esters is 1. The second-order valence-corrected chi connectivity index (χ2v) is 5.31. The third kappa shape index (κ3) is 3.72. The Kier molecular flexibility index (Phi) is 6.06. The van der Waals surface area contributed by atoms with Crippen LogP contribution in [0.1, 0.15) is 20.7 Å². The molecule has 0 aromatic heterocycles. The Morgan fingerprint density at radius 3 is 2.00 bits per heavy atom. The zero-order valence-corrected chi connectivity index (χ0v) is 15.4. The molecule has 0 fully saturated rings. The highest BCUT2D eigenvalue weighted by Gasteiger charge is 2.25. The van der Waals surface area contributed by atoms with E-state index in [4.69, 9.17) is 18.9 Å².